The van der Waals surface area contributed by atoms with Crippen LogP contribution >= 0.6 is 0 Å². The zero-order chi connectivity index (χ0) is 12.3. The maximum absolute atomic E-state index is 11.9. The number of rotatable bonds is 4. The molecule has 0 bridgehead atoms. The second-order valence-corrected chi connectivity index (χ2v) is 4.94. The van der Waals surface area contributed by atoms with Crippen molar-refractivity contribution in [3.63, 3.8) is 0 Å². The highest BCUT2D eigenvalue weighted by Crippen LogP contribution is 2.40. The molecule has 94 valence electrons. The second kappa shape index (κ2) is 4.77. The highest BCUT2D eigenvalue weighted by molar-refractivity contribution is 5.96. The molecule has 1 saturated carbocycles. The molecule has 1 amide bonds. The number of hydrogen-bond acceptors (Lipinski definition) is 3. The average Bonchev–Trinajstić information content (AvgIpc) is 2.95. The number of aromatic nitrogens is 2. The fourth-order valence-corrected chi connectivity index (χ4v) is 2.61. The van der Waals surface area contributed by atoms with E-state index in [1.807, 2.05) is 0 Å². The van der Waals surface area contributed by atoms with Crippen LogP contribution in [-0.4, -0.2) is 22.6 Å². The minimum Gasteiger partial charge on any atom is -0.396 e. The fraction of sp³-hybridized carbons (Fsp3) is 0.667. The lowest BCUT2D eigenvalue weighted by atomic mass is 9.83. The fourth-order valence-electron chi connectivity index (χ4n) is 2.61. The summed E-state index contributed by atoms with van der Waals surface area (Å²) in [6, 6.07) is 0. The molecule has 17 heavy (non-hydrogen) atoms. The van der Waals surface area contributed by atoms with Crippen molar-refractivity contribution in [2.45, 2.75) is 39.0 Å². The molecule has 0 aliphatic heterocycles. The van der Waals surface area contributed by atoms with Crippen LogP contribution in [0.25, 0.3) is 0 Å². The first-order valence-corrected chi connectivity index (χ1v) is 6.24. The summed E-state index contributed by atoms with van der Waals surface area (Å²) in [5.41, 5.74) is 6.70. The molecule has 0 aromatic carbocycles. The Bertz CT molecular complexity index is 393. The molecule has 4 N–H and O–H groups in total. The first-order valence-electron chi connectivity index (χ1n) is 6.24. The lowest BCUT2D eigenvalue weighted by molar-refractivity contribution is 0.0924. The topological polar surface area (TPSA) is 83.8 Å². The van der Waals surface area contributed by atoms with Crippen LogP contribution in [0, 0.1) is 5.41 Å². The van der Waals surface area contributed by atoms with Crippen molar-refractivity contribution in [3.05, 3.63) is 11.9 Å². The van der Waals surface area contributed by atoms with Crippen molar-refractivity contribution in [3.8, 4) is 0 Å². The summed E-state index contributed by atoms with van der Waals surface area (Å²) in [7, 11) is 0. The molecule has 1 fully saturated rings. The molecular formula is C12H20N4O. The van der Waals surface area contributed by atoms with E-state index in [9.17, 15) is 4.79 Å². The number of carbonyl (C=O) groups is 1. The monoisotopic (exact) mass is 236 g/mol. The van der Waals surface area contributed by atoms with Crippen LogP contribution in [0.15, 0.2) is 6.20 Å². The van der Waals surface area contributed by atoms with E-state index in [0.29, 0.717) is 16.8 Å². The molecule has 2 rings (SSSR count). The molecule has 1 aromatic heterocycles. The summed E-state index contributed by atoms with van der Waals surface area (Å²) in [6.45, 7) is 2.93. The van der Waals surface area contributed by atoms with E-state index >= 15 is 0 Å². The Morgan fingerprint density at radius 1 is 1.59 bits per heavy atom. The van der Waals surface area contributed by atoms with Crippen molar-refractivity contribution in [1.82, 2.24) is 15.5 Å². The number of carbonyl (C=O) groups excluding carboxylic acids is 1. The first kappa shape index (κ1) is 12.0. The summed E-state index contributed by atoms with van der Waals surface area (Å²) in [6.07, 6.45) is 7.54. The number of nitrogen functional groups attached to an aromatic ring is 1. The van der Waals surface area contributed by atoms with Gasteiger partial charge in [-0.1, -0.05) is 19.8 Å². The van der Waals surface area contributed by atoms with E-state index in [1.54, 1.807) is 0 Å². The Morgan fingerprint density at radius 2 is 2.29 bits per heavy atom. The van der Waals surface area contributed by atoms with Crippen molar-refractivity contribution < 1.29 is 4.79 Å². The molecule has 5 nitrogen and oxygen atoms in total. The van der Waals surface area contributed by atoms with Crippen molar-refractivity contribution in [1.29, 1.82) is 0 Å². The van der Waals surface area contributed by atoms with E-state index in [1.165, 1.54) is 31.9 Å². The molecule has 1 aromatic rings. The molecular weight excluding hydrogens is 216 g/mol. The minimum atomic E-state index is -0.153. The van der Waals surface area contributed by atoms with Gasteiger partial charge in [0.05, 0.1) is 11.9 Å². The predicted octanol–water partition coefficient (Wildman–Crippen LogP) is 1.69. The van der Waals surface area contributed by atoms with Gasteiger partial charge in [-0.3, -0.25) is 9.89 Å². The number of nitrogens with one attached hydrogen (secondary N) is 2. The van der Waals surface area contributed by atoms with Gasteiger partial charge in [-0.05, 0) is 24.7 Å². The summed E-state index contributed by atoms with van der Waals surface area (Å²) < 4.78 is 0. The number of amides is 1. The van der Waals surface area contributed by atoms with Gasteiger partial charge in [0.15, 0.2) is 0 Å². The van der Waals surface area contributed by atoms with Crippen molar-refractivity contribution in [2.24, 2.45) is 5.41 Å². The SMILES string of the molecule is CCC1(CNC(=O)c2[nH]ncc2N)CCCC1. The summed E-state index contributed by atoms with van der Waals surface area (Å²) >= 11 is 0. The van der Waals surface area contributed by atoms with Gasteiger partial charge in [0.2, 0.25) is 0 Å². The molecule has 5 heteroatoms. The normalized spacial score (nSPS) is 18.2. The van der Waals surface area contributed by atoms with Crippen LogP contribution in [-0.2, 0) is 0 Å². The van der Waals surface area contributed by atoms with Crippen LogP contribution in [0.4, 0.5) is 5.69 Å². The predicted molar refractivity (Wildman–Crippen MR) is 66.5 cm³/mol. The summed E-state index contributed by atoms with van der Waals surface area (Å²) in [4.78, 5) is 11.9. The molecule has 0 atom stereocenters. The summed E-state index contributed by atoms with van der Waals surface area (Å²) in [5, 5.41) is 9.34. The third-order valence-corrected chi connectivity index (χ3v) is 3.93. The van der Waals surface area contributed by atoms with Gasteiger partial charge < -0.3 is 11.1 Å². The third kappa shape index (κ3) is 2.43. The maximum Gasteiger partial charge on any atom is 0.271 e. The van der Waals surface area contributed by atoms with Gasteiger partial charge in [0.25, 0.3) is 5.91 Å². The van der Waals surface area contributed by atoms with Crippen LogP contribution in [0.2, 0.25) is 0 Å². The van der Waals surface area contributed by atoms with Crippen LogP contribution in [0.3, 0.4) is 0 Å². The Hall–Kier alpha value is -1.52. The highest BCUT2D eigenvalue weighted by atomic mass is 16.1. The Kier molecular flexibility index (Phi) is 3.36. The highest BCUT2D eigenvalue weighted by Gasteiger charge is 2.32. The van der Waals surface area contributed by atoms with Crippen LogP contribution in [0.5, 0.6) is 0 Å². The smallest absolute Gasteiger partial charge is 0.271 e. The van der Waals surface area contributed by atoms with E-state index in [4.69, 9.17) is 5.73 Å². The third-order valence-electron chi connectivity index (χ3n) is 3.93. The van der Waals surface area contributed by atoms with Crippen molar-refractivity contribution >= 4 is 11.6 Å². The van der Waals surface area contributed by atoms with E-state index in [2.05, 4.69) is 22.4 Å². The second-order valence-electron chi connectivity index (χ2n) is 4.94. The van der Waals surface area contributed by atoms with Gasteiger partial charge in [-0.25, -0.2) is 0 Å². The first-order chi connectivity index (χ1) is 8.17. The van der Waals surface area contributed by atoms with E-state index < -0.39 is 0 Å². The quantitative estimate of drug-likeness (QED) is 0.743. The number of anilines is 1. The van der Waals surface area contributed by atoms with Gasteiger partial charge in [0.1, 0.15) is 5.69 Å². The summed E-state index contributed by atoms with van der Waals surface area (Å²) in [5.74, 6) is -0.153. The molecule has 1 heterocycles. The Balaban J connectivity index is 1.94. The van der Waals surface area contributed by atoms with Crippen LogP contribution < -0.4 is 11.1 Å². The number of aromatic amines is 1. The van der Waals surface area contributed by atoms with Crippen molar-refractivity contribution in [2.75, 3.05) is 12.3 Å². The van der Waals surface area contributed by atoms with E-state index in [0.717, 1.165) is 13.0 Å². The van der Waals surface area contributed by atoms with E-state index in [-0.39, 0.29) is 5.91 Å². The van der Waals surface area contributed by atoms with Gasteiger partial charge in [-0.15, -0.1) is 0 Å². The number of hydrogen-bond donors (Lipinski definition) is 3. The molecule has 0 unspecified atom stereocenters. The molecule has 1 aliphatic carbocycles. The molecule has 1 aliphatic rings. The number of nitrogens with two attached hydrogens (primary N) is 1. The Labute approximate surface area is 101 Å². The molecule has 0 spiro atoms. The molecule has 0 saturated heterocycles. The zero-order valence-electron chi connectivity index (χ0n) is 10.3. The standard InChI is InChI=1S/C12H20N4O/c1-2-12(5-3-4-6-12)8-14-11(17)10-9(13)7-15-16-10/h7H,2-6,8,13H2,1H3,(H,14,17)(H,15,16). The lowest BCUT2D eigenvalue weighted by Crippen LogP contribution is -2.36. The largest absolute Gasteiger partial charge is 0.396 e. The van der Waals surface area contributed by atoms with Gasteiger partial charge in [0, 0.05) is 6.54 Å². The number of H-pyrrole nitrogens is 1. The average molecular weight is 236 g/mol. The van der Waals surface area contributed by atoms with Gasteiger partial charge >= 0.3 is 0 Å². The zero-order valence-corrected chi connectivity index (χ0v) is 10.3. The Morgan fingerprint density at radius 3 is 2.82 bits per heavy atom. The minimum absolute atomic E-state index is 0.153. The number of nitrogens with zero attached hydrogens (tertiary/aromatic N) is 1. The molecule has 0 radical (unpaired) electrons. The van der Waals surface area contributed by atoms with Crippen LogP contribution in [0.1, 0.15) is 49.5 Å². The maximum atomic E-state index is 11.9. The van der Waals surface area contributed by atoms with Gasteiger partial charge in [-0.2, -0.15) is 5.10 Å². The lowest BCUT2D eigenvalue weighted by Gasteiger charge is -2.27.